The number of carboxylic acids is 1. The molecule has 1 heterocycles. The summed E-state index contributed by atoms with van der Waals surface area (Å²) < 4.78 is 4.86. The van der Waals surface area contributed by atoms with Gasteiger partial charge in [0, 0.05) is 17.4 Å². The summed E-state index contributed by atoms with van der Waals surface area (Å²) in [6.07, 6.45) is 0.414. The molecule has 0 bridgehead atoms. The topological polar surface area (TPSA) is 76.5 Å². The van der Waals surface area contributed by atoms with E-state index in [1.807, 2.05) is 0 Å². The van der Waals surface area contributed by atoms with Gasteiger partial charge in [-0.1, -0.05) is 6.58 Å². The minimum Gasteiger partial charge on any atom is -0.476 e. The molecule has 0 radical (unpaired) electrons. The molecule has 16 heavy (non-hydrogen) atoms. The zero-order valence-corrected chi connectivity index (χ0v) is 9.54. The normalized spacial score (nSPS) is 9.81. The summed E-state index contributed by atoms with van der Waals surface area (Å²) in [5.41, 5.74) is 0.358. The zero-order valence-electron chi connectivity index (χ0n) is 8.73. The van der Waals surface area contributed by atoms with Gasteiger partial charge in [-0.2, -0.15) is 0 Å². The highest BCUT2D eigenvalue weighted by Gasteiger charge is 2.09. The number of carbonyl (C=O) groups is 2. The van der Waals surface area contributed by atoms with Crippen LogP contribution in [0.25, 0.3) is 0 Å². The monoisotopic (exact) mass is 241 g/mol. The smallest absolute Gasteiger partial charge is 0.355 e. The van der Waals surface area contributed by atoms with Gasteiger partial charge in [0.2, 0.25) is 0 Å². The van der Waals surface area contributed by atoms with Crippen molar-refractivity contribution in [1.82, 2.24) is 4.98 Å². The van der Waals surface area contributed by atoms with Crippen LogP contribution < -0.4 is 0 Å². The number of hydrogen-bond donors (Lipinski definition) is 1. The van der Waals surface area contributed by atoms with E-state index in [0.717, 1.165) is 0 Å². The van der Waals surface area contributed by atoms with Gasteiger partial charge in [0.15, 0.2) is 5.69 Å². The molecule has 0 unspecified atom stereocenters. The number of aromatic nitrogens is 1. The van der Waals surface area contributed by atoms with Crippen molar-refractivity contribution in [3.05, 3.63) is 28.2 Å². The number of carboxylic acid groups (broad SMARTS) is 1. The quantitative estimate of drug-likeness (QED) is 0.624. The number of aromatic carboxylic acids is 1. The summed E-state index contributed by atoms with van der Waals surface area (Å²) in [6.45, 7) is 5.19. The van der Waals surface area contributed by atoms with Crippen LogP contribution in [-0.2, 0) is 16.0 Å². The van der Waals surface area contributed by atoms with Crippen LogP contribution in [0.2, 0.25) is 0 Å². The Morgan fingerprint density at radius 1 is 1.62 bits per heavy atom. The van der Waals surface area contributed by atoms with E-state index >= 15 is 0 Å². The largest absolute Gasteiger partial charge is 0.476 e. The third-order valence-corrected chi connectivity index (χ3v) is 2.58. The minimum atomic E-state index is -1.05. The van der Waals surface area contributed by atoms with E-state index in [1.54, 1.807) is 6.92 Å². The van der Waals surface area contributed by atoms with Crippen LogP contribution in [0.15, 0.2) is 17.5 Å². The van der Waals surface area contributed by atoms with Gasteiger partial charge in [-0.25, -0.2) is 14.6 Å². The lowest BCUT2D eigenvalue weighted by atomic mass is 10.4. The van der Waals surface area contributed by atoms with Crippen LogP contribution in [0.3, 0.4) is 0 Å². The number of nitrogens with zero attached hydrogens (tertiary/aromatic N) is 1. The van der Waals surface area contributed by atoms with Crippen molar-refractivity contribution in [2.75, 3.05) is 6.61 Å². The van der Waals surface area contributed by atoms with E-state index in [-0.39, 0.29) is 12.3 Å². The molecule has 0 fully saturated rings. The fourth-order valence-corrected chi connectivity index (χ4v) is 1.63. The molecule has 6 heteroatoms. The third kappa shape index (κ3) is 3.47. The lowest BCUT2D eigenvalue weighted by Gasteiger charge is -2.01. The van der Waals surface area contributed by atoms with E-state index in [0.29, 0.717) is 17.0 Å². The molecule has 86 valence electrons. The molecule has 0 saturated heterocycles. The van der Waals surface area contributed by atoms with Gasteiger partial charge in [-0.3, -0.25) is 0 Å². The molecule has 0 saturated carbocycles. The van der Waals surface area contributed by atoms with Crippen molar-refractivity contribution in [2.45, 2.75) is 13.3 Å². The molecular weight excluding hydrogens is 230 g/mol. The standard InChI is InChI=1S/C10H11NO4S/c1-6(2)10(14)15-4-3-8-11-7(5-16-8)9(12)13/h5H,1,3-4H2,2H3,(H,12,13). The molecule has 0 aliphatic heterocycles. The van der Waals surface area contributed by atoms with E-state index in [4.69, 9.17) is 9.84 Å². The van der Waals surface area contributed by atoms with Gasteiger partial charge in [0.25, 0.3) is 0 Å². The molecular formula is C10H11NO4S. The highest BCUT2D eigenvalue weighted by atomic mass is 32.1. The SMILES string of the molecule is C=C(C)C(=O)OCCc1nc(C(=O)O)cs1. The number of hydrogen-bond acceptors (Lipinski definition) is 5. The number of rotatable bonds is 5. The van der Waals surface area contributed by atoms with Crippen molar-refractivity contribution in [3.8, 4) is 0 Å². The first-order chi connectivity index (χ1) is 7.50. The summed E-state index contributed by atoms with van der Waals surface area (Å²) >= 11 is 1.23. The molecule has 5 nitrogen and oxygen atoms in total. The third-order valence-electron chi connectivity index (χ3n) is 1.67. The molecule has 1 aromatic rings. The summed E-state index contributed by atoms with van der Waals surface area (Å²) in [5, 5.41) is 10.7. The predicted octanol–water partition coefficient (Wildman–Crippen LogP) is 1.50. The highest BCUT2D eigenvalue weighted by molar-refractivity contribution is 7.09. The molecule has 1 N–H and O–H groups in total. The molecule has 0 amide bonds. The summed E-state index contributed by atoms with van der Waals surface area (Å²) in [4.78, 5) is 25.4. The lowest BCUT2D eigenvalue weighted by Crippen LogP contribution is -2.08. The zero-order chi connectivity index (χ0) is 12.1. The van der Waals surface area contributed by atoms with Crippen LogP contribution in [0, 0.1) is 0 Å². The summed E-state index contributed by atoms with van der Waals surface area (Å²) in [5.74, 6) is -1.50. The van der Waals surface area contributed by atoms with Gasteiger partial charge in [0.1, 0.15) is 0 Å². The van der Waals surface area contributed by atoms with Crippen molar-refractivity contribution in [1.29, 1.82) is 0 Å². The second-order valence-corrected chi connectivity index (χ2v) is 4.04. The number of esters is 1. The van der Waals surface area contributed by atoms with E-state index in [2.05, 4.69) is 11.6 Å². The van der Waals surface area contributed by atoms with Crippen LogP contribution in [0.4, 0.5) is 0 Å². The Morgan fingerprint density at radius 2 is 2.31 bits per heavy atom. The first-order valence-electron chi connectivity index (χ1n) is 4.51. The van der Waals surface area contributed by atoms with Gasteiger partial charge in [-0.15, -0.1) is 11.3 Å². The Morgan fingerprint density at radius 3 is 2.81 bits per heavy atom. The second-order valence-electron chi connectivity index (χ2n) is 3.10. The lowest BCUT2D eigenvalue weighted by molar-refractivity contribution is -0.138. The van der Waals surface area contributed by atoms with Crippen molar-refractivity contribution >= 4 is 23.3 Å². The predicted molar refractivity (Wildman–Crippen MR) is 58.6 cm³/mol. The fraction of sp³-hybridized carbons (Fsp3) is 0.300. The molecule has 0 spiro atoms. The first kappa shape index (κ1) is 12.4. The Balaban J connectivity index is 2.40. The van der Waals surface area contributed by atoms with Gasteiger partial charge >= 0.3 is 11.9 Å². The maximum atomic E-state index is 11.0. The number of ether oxygens (including phenoxy) is 1. The van der Waals surface area contributed by atoms with Crippen molar-refractivity contribution < 1.29 is 19.4 Å². The minimum absolute atomic E-state index is 0.0197. The Bertz CT molecular complexity index is 424. The van der Waals surface area contributed by atoms with Crippen molar-refractivity contribution in [2.24, 2.45) is 0 Å². The maximum Gasteiger partial charge on any atom is 0.355 e. The van der Waals surface area contributed by atoms with Gasteiger partial charge < -0.3 is 9.84 Å². The molecule has 0 atom stereocenters. The summed E-state index contributed by atoms with van der Waals surface area (Å²) in [7, 11) is 0. The Labute approximate surface area is 96.4 Å². The van der Waals surface area contributed by atoms with Gasteiger partial charge in [-0.05, 0) is 6.92 Å². The van der Waals surface area contributed by atoms with Crippen molar-refractivity contribution in [3.63, 3.8) is 0 Å². The first-order valence-corrected chi connectivity index (χ1v) is 5.39. The highest BCUT2D eigenvalue weighted by Crippen LogP contribution is 2.10. The van der Waals surface area contributed by atoms with Crippen LogP contribution in [0.1, 0.15) is 22.4 Å². The van der Waals surface area contributed by atoms with Crippen LogP contribution in [-0.4, -0.2) is 28.6 Å². The fourth-order valence-electron chi connectivity index (χ4n) is 0.878. The molecule has 0 aliphatic rings. The van der Waals surface area contributed by atoms with E-state index in [1.165, 1.54) is 16.7 Å². The second kappa shape index (κ2) is 5.41. The summed E-state index contributed by atoms with van der Waals surface area (Å²) in [6, 6.07) is 0. The average molecular weight is 241 g/mol. The van der Waals surface area contributed by atoms with E-state index in [9.17, 15) is 9.59 Å². The average Bonchev–Trinajstić information content (AvgIpc) is 2.66. The van der Waals surface area contributed by atoms with Crippen LogP contribution in [0.5, 0.6) is 0 Å². The van der Waals surface area contributed by atoms with E-state index < -0.39 is 11.9 Å². The molecule has 0 aliphatic carbocycles. The van der Waals surface area contributed by atoms with Gasteiger partial charge in [0.05, 0.1) is 11.6 Å². The molecule has 1 rings (SSSR count). The molecule has 0 aromatic carbocycles. The number of carbonyl (C=O) groups excluding carboxylic acids is 1. The number of thiazole rings is 1. The van der Waals surface area contributed by atoms with Crippen LogP contribution >= 0.6 is 11.3 Å². The maximum absolute atomic E-state index is 11.0. The Hall–Kier alpha value is -1.69. The Kier molecular flexibility index (Phi) is 4.19. The molecule has 1 aromatic heterocycles.